The molecule has 0 saturated carbocycles. The first kappa shape index (κ1) is 46.8. The van der Waals surface area contributed by atoms with Crippen molar-refractivity contribution in [3.63, 3.8) is 0 Å². The van der Waals surface area contributed by atoms with Gasteiger partial charge in [0.05, 0.1) is 17.8 Å². The predicted molar refractivity (Wildman–Crippen MR) is 224 cm³/mol. The zero-order valence-corrected chi connectivity index (χ0v) is 34.8. The number of allylic oxidation sites excluding steroid dienone is 22. The van der Waals surface area contributed by atoms with Crippen molar-refractivity contribution in [2.75, 3.05) is 7.11 Å². The van der Waals surface area contributed by atoms with E-state index in [0.717, 1.165) is 35.1 Å². The second kappa shape index (κ2) is 22.2. The van der Waals surface area contributed by atoms with Gasteiger partial charge in [0.15, 0.2) is 6.29 Å². The lowest BCUT2D eigenvalue weighted by atomic mass is 9.71. The number of hydrogen-bond acceptors (Lipinski definition) is 7. The van der Waals surface area contributed by atoms with Crippen LogP contribution in [0.1, 0.15) is 89.0 Å². The number of aliphatic hydroxyl groups is 4. The smallest absolute Gasteiger partial charge is 0.187 e. The van der Waals surface area contributed by atoms with E-state index in [1.807, 2.05) is 62.5 Å². The summed E-state index contributed by atoms with van der Waals surface area (Å²) in [7, 11) is 1.42. The van der Waals surface area contributed by atoms with E-state index in [-0.39, 0.29) is 11.5 Å². The van der Waals surface area contributed by atoms with Crippen molar-refractivity contribution in [1.82, 2.24) is 0 Å². The lowest BCUT2D eigenvalue weighted by Crippen LogP contribution is -2.59. The molecule has 1 fully saturated rings. The molecule has 7 heteroatoms. The second-order valence-corrected chi connectivity index (χ2v) is 15.9. The lowest BCUT2D eigenvalue weighted by Gasteiger charge is -2.42. The van der Waals surface area contributed by atoms with E-state index in [1.165, 1.54) is 23.8 Å². The number of methoxy groups -OCH3 is 1. The van der Waals surface area contributed by atoms with Crippen LogP contribution in [0.2, 0.25) is 0 Å². The Balaban J connectivity index is 1.91. The van der Waals surface area contributed by atoms with Gasteiger partial charge in [-0.05, 0) is 86.1 Å². The van der Waals surface area contributed by atoms with E-state index >= 15 is 0 Å². The standard InChI is InChI=1S/C47H68O7/c1-32(18-13-14-19-33(2)21-16-24-35(4)26-28-40-37(6)30-39(48)31-46(40,8)9)20-15-22-34(3)23-17-25-36(5)27-29-41(47(10,11)51)54-45-43(50)44(52-12)42(49)38(7)53-45/h13-29,38-39,41-45,48-51H,30-31H2,1-12H3. The van der Waals surface area contributed by atoms with Gasteiger partial charge in [-0.3, -0.25) is 0 Å². The van der Waals surface area contributed by atoms with Gasteiger partial charge in [-0.15, -0.1) is 0 Å². The van der Waals surface area contributed by atoms with Gasteiger partial charge >= 0.3 is 0 Å². The van der Waals surface area contributed by atoms with E-state index < -0.39 is 42.4 Å². The van der Waals surface area contributed by atoms with Gasteiger partial charge in [0.2, 0.25) is 0 Å². The minimum Gasteiger partial charge on any atom is -0.393 e. The van der Waals surface area contributed by atoms with Crippen molar-refractivity contribution < 1.29 is 34.6 Å². The molecule has 298 valence electrons. The van der Waals surface area contributed by atoms with Crippen molar-refractivity contribution >= 4 is 0 Å². The summed E-state index contributed by atoms with van der Waals surface area (Å²) >= 11 is 0. The molecule has 4 N–H and O–H groups in total. The van der Waals surface area contributed by atoms with Gasteiger partial charge in [-0.25, -0.2) is 0 Å². The van der Waals surface area contributed by atoms with Crippen molar-refractivity contribution in [3.05, 3.63) is 142 Å². The Bertz CT molecular complexity index is 1600. The normalized spacial score (nSPS) is 28.0. The van der Waals surface area contributed by atoms with Crippen molar-refractivity contribution in [2.24, 2.45) is 5.41 Å². The maximum atomic E-state index is 10.7. The molecule has 7 unspecified atom stereocenters. The second-order valence-electron chi connectivity index (χ2n) is 15.9. The first-order valence-corrected chi connectivity index (χ1v) is 19.0. The van der Waals surface area contributed by atoms with Crippen LogP contribution in [0, 0.1) is 5.41 Å². The van der Waals surface area contributed by atoms with Crippen LogP contribution < -0.4 is 0 Å². The summed E-state index contributed by atoms with van der Waals surface area (Å²) in [5.74, 6) is 0. The van der Waals surface area contributed by atoms with Crippen molar-refractivity contribution in [2.45, 2.75) is 138 Å². The Morgan fingerprint density at radius 2 is 1.22 bits per heavy atom. The number of ether oxygens (including phenoxy) is 3. The molecule has 1 heterocycles. The Kier molecular flexibility index (Phi) is 19.2. The van der Waals surface area contributed by atoms with Crippen LogP contribution in [0.25, 0.3) is 0 Å². The molecule has 0 amide bonds. The van der Waals surface area contributed by atoms with E-state index in [1.54, 1.807) is 26.8 Å². The van der Waals surface area contributed by atoms with Gasteiger partial charge in [-0.1, -0.05) is 151 Å². The highest BCUT2D eigenvalue weighted by molar-refractivity contribution is 5.38. The van der Waals surface area contributed by atoms with Crippen LogP contribution in [0.5, 0.6) is 0 Å². The van der Waals surface area contributed by atoms with Gasteiger partial charge in [0, 0.05) is 7.11 Å². The average Bonchev–Trinajstić information content (AvgIpc) is 3.06. The molecule has 54 heavy (non-hydrogen) atoms. The first-order valence-electron chi connectivity index (χ1n) is 19.0. The van der Waals surface area contributed by atoms with E-state index in [4.69, 9.17) is 14.2 Å². The molecule has 0 aromatic carbocycles. The molecule has 0 spiro atoms. The predicted octanol–water partition coefficient (Wildman–Crippen LogP) is 9.19. The minimum atomic E-state index is -1.26. The van der Waals surface area contributed by atoms with Gasteiger partial charge < -0.3 is 34.6 Å². The largest absolute Gasteiger partial charge is 0.393 e. The van der Waals surface area contributed by atoms with Gasteiger partial charge in [0.1, 0.15) is 24.4 Å². The molecule has 1 aliphatic heterocycles. The fourth-order valence-electron chi connectivity index (χ4n) is 6.36. The average molecular weight is 745 g/mol. The minimum absolute atomic E-state index is 0.0166. The highest BCUT2D eigenvalue weighted by atomic mass is 16.7. The summed E-state index contributed by atoms with van der Waals surface area (Å²) in [5, 5.41) is 41.8. The molecular weight excluding hydrogens is 677 g/mol. The molecule has 2 rings (SSSR count). The third-order valence-electron chi connectivity index (χ3n) is 9.54. The lowest BCUT2D eigenvalue weighted by molar-refractivity contribution is -0.312. The quantitative estimate of drug-likeness (QED) is 0.117. The molecular formula is C47H68O7. The van der Waals surface area contributed by atoms with E-state index in [9.17, 15) is 20.4 Å². The third kappa shape index (κ3) is 16.1. The Morgan fingerprint density at radius 1 is 0.759 bits per heavy atom. The zero-order valence-electron chi connectivity index (χ0n) is 34.8. The molecule has 7 atom stereocenters. The molecule has 1 saturated heterocycles. The van der Waals surface area contributed by atoms with Crippen LogP contribution in [0.15, 0.2) is 142 Å². The summed E-state index contributed by atoms with van der Waals surface area (Å²) < 4.78 is 16.9. The van der Waals surface area contributed by atoms with Crippen LogP contribution in [-0.4, -0.2) is 76.1 Å². The molecule has 2 aliphatic rings. The van der Waals surface area contributed by atoms with Crippen molar-refractivity contribution in [1.29, 1.82) is 0 Å². The molecule has 0 aromatic rings. The summed E-state index contributed by atoms with van der Waals surface area (Å²) in [6.07, 6.45) is 30.3. The molecule has 7 nitrogen and oxygen atoms in total. The molecule has 0 radical (unpaired) electrons. The van der Waals surface area contributed by atoms with Crippen molar-refractivity contribution in [3.8, 4) is 0 Å². The maximum Gasteiger partial charge on any atom is 0.187 e. The van der Waals surface area contributed by atoms with E-state index in [0.29, 0.717) is 0 Å². The summed E-state index contributed by atoms with van der Waals surface area (Å²) in [6, 6.07) is 0. The van der Waals surface area contributed by atoms with Gasteiger partial charge in [-0.2, -0.15) is 0 Å². The fourth-order valence-corrected chi connectivity index (χ4v) is 6.36. The zero-order chi connectivity index (χ0) is 40.6. The summed E-state index contributed by atoms with van der Waals surface area (Å²) in [6.45, 7) is 21.7. The Morgan fingerprint density at radius 3 is 1.69 bits per heavy atom. The Hall–Kier alpha value is -3.40. The summed E-state index contributed by atoms with van der Waals surface area (Å²) in [4.78, 5) is 0. The summed E-state index contributed by atoms with van der Waals surface area (Å²) in [5.41, 5.74) is 6.82. The van der Waals surface area contributed by atoms with Crippen LogP contribution >= 0.6 is 0 Å². The molecule has 0 bridgehead atoms. The number of aliphatic hydroxyl groups excluding tert-OH is 3. The van der Waals surface area contributed by atoms with Crippen LogP contribution in [0.4, 0.5) is 0 Å². The monoisotopic (exact) mass is 744 g/mol. The number of rotatable bonds is 16. The number of hydrogen-bond donors (Lipinski definition) is 4. The SMILES string of the molecule is COC1C(O)C(C)OC(OC(C=CC(C)=CC=CC(C)=CC=CC(C)=CC=CC=C(C)C=CC=C(C)C=CC2=C(C)CC(O)CC2(C)C)C(C)(C)O)C1O. The topological polar surface area (TPSA) is 109 Å². The van der Waals surface area contributed by atoms with E-state index in [2.05, 4.69) is 90.2 Å². The first-order chi connectivity index (χ1) is 25.2. The third-order valence-corrected chi connectivity index (χ3v) is 9.54. The molecule has 1 aliphatic carbocycles. The molecule has 0 aromatic heterocycles. The fraction of sp³-hybridized carbons (Fsp3) is 0.489. The maximum absolute atomic E-state index is 10.7. The highest BCUT2D eigenvalue weighted by Crippen LogP contribution is 2.41. The van der Waals surface area contributed by atoms with Crippen LogP contribution in [-0.2, 0) is 14.2 Å². The highest BCUT2D eigenvalue weighted by Gasteiger charge is 2.45. The van der Waals surface area contributed by atoms with Crippen LogP contribution in [0.3, 0.4) is 0 Å². The Labute approximate surface area is 326 Å². The van der Waals surface area contributed by atoms with Gasteiger partial charge in [0.25, 0.3) is 0 Å².